The summed E-state index contributed by atoms with van der Waals surface area (Å²) in [4.78, 5) is 12.3. The highest BCUT2D eigenvalue weighted by Crippen LogP contribution is 2.26. The molecule has 0 unspecified atom stereocenters. The molecule has 0 heterocycles. The summed E-state index contributed by atoms with van der Waals surface area (Å²) in [5.74, 6) is -0.593. The predicted molar refractivity (Wildman–Crippen MR) is 72.8 cm³/mol. The van der Waals surface area contributed by atoms with Crippen molar-refractivity contribution in [3.05, 3.63) is 39.7 Å². The summed E-state index contributed by atoms with van der Waals surface area (Å²) >= 11 is 0. The summed E-state index contributed by atoms with van der Waals surface area (Å²) in [6, 6.07) is 4.04. The molecule has 20 heavy (non-hydrogen) atoms. The Hall–Kier alpha value is -1.53. The maximum Gasteiger partial charge on any atom is 0.272 e. The van der Waals surface area contributed by atoms with Gasteiger partial charge in [-0.05, 0) is 24.5 Å². The van der Waals surface area contributed by atoms with Gasteiger partial charge in [-0.25, -0.2) is 4.39 Å². The number of non-ortho nitro benzene ring substituents is 1. The van der Waals surface area contributed by atoms with Crippen molar-refractivity contribution in [1.29, 1.82) is 0 Å². The number of hydrogen-bond acceptors (Lipinski definition) is 4. The largest absolute Gasteiger partial charge is 0.395 e. The Labute approximate surface area is 117 Å². The minimum Gasteiger partial charge on any atom is -0.395 e. The highest BCUT2D eigenvalue weighted by Gasteiger charge is 2.23. The third kappa shape index (κ3) is 3.74. The van der Waals surface area contributed by atoms with Crippen molar-refractivity contribution in [2.24, 2.45) is 0 Å². The van der Waals surface area contributed by atoms with Gasteiger partial charge in [-0.2, -0.15) is 0 Å². The van der Waals surface area contributed by atoms with Crippen LogP contribution in [0.2, 0.25) is 0 Å². The van der Waals surface area contributed by atoms with E-state index in [1.54, 1.807) is 0 Å². The first-order valence-electron chi connectivity index (χ1n) is 6.89. The average Bonchev–Trinajstić information content (AvgIpc) is 2.91. The lowest BCUT2D eigenvalue weighted by Crippen LogP contribution is -2.35. The van der Waals surface area contributed by atoms with Gasteiger partial charge in [0.2, 0.25) is 0 Å². The van der Waals surface area contributed by atoms with E-state index < -0.39 is 10.7 Å². The van der Waals surface area contributed by atoms with E-state index in [1.165, 1.54) is 12.1 Å². The molecular formula is C14H19FN2O3. The molecule has 0 aromatic heterocycles. The molecule has 0 amide bonds. The van der Waals surface area contributed by atoms with Crippen molar-refractivity contribution < 1.29 is 14.4 Å². The molecule has 1 saturated carbocycles. The fourth-order valence-electron chi connectivity index (χ4n) is 2.85. The molecule has 1 fully saturated rings. The molecule has 0 atom stereocenters. The van der Waals surface area contributed by atoms with Crippen LogP contribution in [0.25, 0.3) is 0 Å². The van der Waals surface area contributed by atoms with E-state index in [4.69, 9.17) is 5.11 Å². The Kier molecular flexibility index (Phi) is 5.03. The second kappa shape index (κ2) is 6.76. The van der Waals surface area contributed by atoms with Crippen molar-refractivity contribution in [3.8, 4) is 0 Å². The number of benzene rings is 1. The summed E-state index contributed by atoms with van der Waals surface area (Å²) in [5, 5.41) is 19.9. The Morgan fingerprint density at radius 2 is 2.05 bits per heavy atom. The van der Waals surface area contributed by atoms with Gasteiger partial charge in [0.05, 0.1) is 17.6 Å². The fraction of sp³-hybridized carbons (Fsp3) is 0.571. The van der Waals surface area contributed by atoms with Gasteiger partial charge in [-0.1, -0.05) is 12.8 Å². The number of aliphatic hydroxyl groups excluding tert-OH is 1. The highest BCUT2D eigenvalue weighted by atomic mass is 19.1. The molecule has 2 rings (SSSR count). The Bertz CT molecular complexity index is 475. The van der Waals surface area contributed by atoms with Crippen molar-refractivity contribution in [2.45, 2.75) is 38.3 Å². The van der Waals surface area contributed by atoms with Crippen LogP contribution in [0.3, 0.4) is 0 Å². The van der Waals surface area contributed by atoms with Gasteiger partial charge >= 0.3 is 0 Å². The number of aliphatic hydroxyl groups is 1. The zero-order valence-electron chi connectivity index (χ0n) is 11.3. The van der Waals surface area contributed by atoms with Crippen LogP contribution in [-0.2, 0) is 6.54 Å². The zero-order chi connectivity index (χ0) is 14.5. The van der Waals surface area contributed by atoms with E-state index in [1.807, 2.05) is 0 Å². The average molecular weight is 282 g/mol. The smallest absolute Gasteiger partial charge is 0.272 e. The second-order valence-electron chi connectivity index (χ2n) is 5.21. The standard InChI is InChI=1S/C14H19FN2O3/c15-12-7-11(8-14(9-12)17(19)20)10-16(5-6-18)13-3-1-2-4-13/h7-9,13,18H,1-6,10H2. The number of halogens is 1. The van der Waals surface area contributed by atoms with Gasteiger partial charge in [0, 0.05) is 25.2 Å². The van der Waals surface area contributed by atoms with Crippen molar-refractivity contribution in [3.63, 3.8) is 0 Å². The van der Waals surface area contributed by atoms with Crippen molar-refractivity contribution in [2.75, 3.05) is 13.2 Å². The number of hydrogen-bond donors (Lipinski definition) is 1. The van der Waals surface area contributed by atoms with E-state index in [0.717, 1.165) is 31.7 Å². The van der Waals surface area contributed by atoms with Crippen LogP contribution in [0, 0.1) is 15.9 Å². The topological polar surface area (TPSA) is 66.6 Å². The second-order valence-corrected chi connectivity index (χ2v) is 5.21. The molecular weight excluding hydrogens is 263 g/mol. The van der Waals surface area contributed by atoms with Crippen LogP contribution in [0.15, 0.2) is 18.2 Å². The molecule has 5 nitrogen and oxygen atoms in total. The van der Waals surface area contributed by atoms with Crippen molar-refractivity contribution >= 4 is 5.69 Å². The van der Waals surface area contributed by atoms with Gasteiger partial charge in [-0.3, -0.25) is 15.0 Å². The van der Waals surface area contributed by atoms with Gasteiger partial charge in [0.1, 0.15) is 5.82 Å². The first-order chi connectivity index (χ1) is 9.60. The first-order valence-corrected chi connectivity index (χ1v) is 6.89. The predicted octanol–water partition coefficient (Wildman–Crippen LogP) is 2.47. The zero-order valence-corrected chi connectivity index (χ0v) is 11.3. The van der Waals surface area contributed by atoms with Gasteiger partial charge < -0.3 is 5.11 Å². The van der Waals surface area contributed by atoms with E-state index >= 15 is 0 Å². The molecule has 0 bridgehead atoms. The van der Waals surface area contributed by atoms with Crippen LogP contribution >= 0.6 is 0 Å². The Balaban J connectivity index is 2.14. The Morgan fingerprint density at radius 1 is 1.35 bits per heavy atom. The van der Waals surface area contributed by atoms with Gasteiger partial charge in [0.15, 0.2) is 0 Å². The van der Waals surface area contributed by atoms with E-state index in [-0.39, 0.29) is 12.3 Å². The lowest BCUT2D eigenvalue weighted by Gasteiger charge is -2.28. The molecule has 6 heteroatoms. The molecule has 1 aliphatic rings. The maximum atomic E-state index is 13.4. The lowest BCUT2D eigenvalue weighted by atomic mass is 10.1. The van der Waals surface area contributed by atoms with Crippen LogP contribution in [0.5, 0.6) is 0 Å². The van der Waals surface area contributed by atoms with Crippen LogP contribution in [-0.4, -0.2) is 34.1 Å². The SMILES string of the molecule is O=[N+]([O-])c1cc(F)cc(CN(CCO)C2CCCC2)c1. The molecule has 1 aromatic rings. The minimum absolute atomic E-state index is 0.0356. The maximum absolute atomic E-state index is 13.4. The molecule has 0 aliphatic heterocycles. The van der Waals surface area contributed by atoms with E-state index in [0.29, 0.717) is 24.7 Å². The Morgan fingerprint density at radius 3 is 2.65 bits per heavy atom. The molecule has 1 N–H and O–H groups in total. The molecule has 1 aromatic carbocycles. The molecule has 0 spiro atoms. The fourth-order valence-corrected chi connectivity index (χ4v) is 2.85. The molecule has 0 saturated heterocycles. The van der Waals surface area contributed by atoms with Crippen LogP contribution in [0.4, 0.5) is 10.1 Å². The van der Waals surface area contributed by atoms with E-state index in [2.05, 4.69) is 4.90 Å². The normalized spacial score (nSPS) is 15.9. The van der Waals surface area contributed by atoms with Crippen LogP contribution in [0.1, 0.15) is 31.2 Å². The number of rotatable bonds is 6. The first kappa shape index (κ1) is 14.9. The molecule has 0 radical (unpaired) electrons. The third-order valence-electron chi connectivity index (χ3n) is 3.77. The summed E-state index contributed by atoms with van der Waals surface area (Å²) in [5.41, 5.74) is 0.354. The van der Waals surface area contributed by atoms with E-state index in [9.17, 15) is 14.5 Å². The summed E-state index contributed by atoms with van der Waals surface area (Å²) in [6.07, 6.45) is 4.46. The van der Waals surface area contributed by atoms with Gasteiger partial charge in [0.25, 0.3) is 5.69 Å². The summed E-state index contributed by atoms with van der Waals surface area (Å²) < 4.78 is 13.4. The number of nitro groups is 1. The van der Waals surface area contributed by atoms with Gasteiger partial charge in [-0.15, -0.1) is 0 Å². The quantitative estimate of drug-likeness (QED) is 0.643. The summed E-state index contributed by atoms with van der Waals surface area (Å²) in [6.45, 7) is 0.979. The van der Waals surface area contributed by atoms with Crippen molar-refractivity contribution in [1.82, 2.24) is 4.90 Å². The van der Waals surface area contributed by atoms with Crippen LogP contribution < -0.4 is 0 Å². The lowest BCUT2D eigenvalue weighted by molar-refractivity contribution is -0.385. The number of nitro benzene ring substituents is 1. The highest BCUT2D eigenvalue weighted by molar-refractivity contribution is 5.35. The minimum atomic E-state index is -0.593. The summed E-state index contributed by atoms with van der Waals surface area (Å²) in [7, 11) is 0. The molecule has 110 valence electrons. The molecule has 1 aliphatic carbocycles. The third-order valence-corrected chi connectivity index (χ3v) is 3.77. The number of nitrogens with zero attached hydrogens (tertiary/aromatic N) is 2. The monoisotopic (exact) mass is 282 g/mol.